The molecule has 0 radical (unpaired) electrons. The fourth-order valence-electron chi connectivity index (χ4n) is 3.41. The SMILES string of the molecule is CCCCCC(C)n1c2ccccc2c2cc(C)ccc21. The zero-order chi connectivity index (χ0) is 14.8. The molecule has 0 bridgehead atoms. The highest BCUT2D eigenvalue weighted by Gasteiger charge is 2.14. The molecule has 0 aliphatic rings. The highest BCUT2D eigenvalue weighted by Crippen LogP contribution is 2.33. The van der Waals surface area contributed by atoms with Crippen LogP contribution >= 0.6 is 0 Å². The molecule has 0 saturated carbocycles. The fraction of sp³-hybridized carbons (Fsp3) is 0.400. The number of benzene rings is 2. The summed E-state index contributed by atoms with van der Waals surface area (Å²) in [6.07, 6.45) is 5.20. The zero-order valence-electron chi connectivity index (χ0n) is 13.4. The van der Waals surface area contributed by atoms with Crippen LogP contribution in [0.5, 0.6) is 0 Å². The average Bonchev–Trinajstić information content (AvgIpc) is 2.81. The van der Waals surface area contributed by atoms with Crippen molar-refractivity contribution in [2.24, 2.45) is 0 Å². The van der Waals surface area contributed by atoms with Crippen LogP contribution in [0.1, 0.15) is 51.1 Å². The molecule has 0 N–H and O–H groups in total. The summed E-state index contributed by atoms with van der Waals surface area (Å²) in [5, 5.41) is 2.78. The number of aromatic nitrogens is 1. The molecule has 0 aliphatic heterocycles. The van der Waals surface area contributed by atoms with E-state index >= 15 is 0 Å². The first-order valence-corrected chi connectivity index (χ1v) is 8.21. The lowest BCUT2D eigenvalue weighted by Crippen LogP contribution is -2.04. The zero-order valence-corrected chi connectivity index (χ0v) is 13.4. The second kappa shape index (κ2) is 5.93. The molecule has 1 heteroatoms. The standard InChI is InChI=1S/C20H25N/c1-4-5-6-9-16(3)21-19-11-8-7-10-17(19)18-14-15(2)12-13-20(18)21/h7-8,10-14,16H,4-6,9H2,1-3H3. The molecular formula is C20H25N. The number of nitrogens with zero attached hydrogens (tertiary/aromatic N) is 1. The van der Waals surface area contributed by atoms with Gasteiger partial charge >= 0.3 is 0 Å². The molecule has 1 heterocycles. The van der Waals surface area contributed by atoms with Gasteiger partial charge in [0.15, 0.2) is 0 Å². The van der Waals surface area contributed by atoms with Crippen molar-refractivity contribution >= 4 is 21.8 Å². The predicted molar refractivity (Wildman–Crippen MR) is 93.0 cm³/mol. The van der Waals surface area contributed by atoms with E-state index in [9.17, 15) is 0 Å². The molecule has 1 unspecified atom stereocenters. The Bertz CT molecular complexity index is 751. The molecule has 0 saturated heterocycles. The highest BCUT2D eigenvalue weighted by atomic mass is 15.0. The van der Waals surface area contributed by atoms with Crippen molar-refractivity contribution in [3.8, 4) is 0 Å². The van der Waals surface area contributed by atoms with Gasteiger partial charge in [0.1, 0.15) is 0 Å². The van der Waals surface area contributed by atoms with Crippen molar-refractivity contribution in [2.45, 2.75) is 52.5 Å². The third-order valence-corrected chi connectivity index (χ3v) is 4.53. The Balaban J connectivity index is 2.14. The summed E-state index contributed by atoms with van der Waals surface area (Å²) in [6.45, 7) is 6.81. The van der Waals surface area contributed by atoms with Crippen molar-refractivity contribution < 1.29 is 0 Å². The lowest BCUT2D eigenvalue weighted by Gasteiger charge is -2.17. The Morgan fingerprint density at radius 2 is 1.71 bits per heavy atom. The van der Waals surface area contributed by atoms with Crippen LogP contribution in [0.15, 0.2) is 42.5 Å². The molecule has 1 nitrogen and oxygen atoms in total. The smallest absolute Gasteiger partial charge is 0.0494 e. The van der Waals surface area contributed by atoms with Crippen LogP contribution in [0, 0.1) is 6.92 Å². The van der Waals surface area contributed by atoms with Gasteiger partial charge in [-0.3, -0.25) is 0 Å². The van der Waals surface area contributed by atoms with E-state index in [0.717, 1.165) is 0 Å². The monoisotopic (exact) mass is 279 g/mol. The molecule has 1 aromatic heterocycles. The number of aryl methyl sites for hydroxylation is 1. The minimum absolute atomic E-state index is 0.557. The number of para-hydroxylation sites is 1. The molecule has 0 fully saturated rings. The Labute approximate surface area is 127 Å². The number of rotatable bonds is 5. The summed E-state index contributed by atoms with van der Waals surface area (Å²) in [6, 6.07) is 16.2. The van der Waals surface area contributed by atoms with E-state index in [1.165, 1.54) is 53.1 Å². The van der Waals surface area contributed by atoms with Crippen LogP contribution in [0.25, 0.3) is 21.8 Å². The highest BCUT2D eigenvalue weighted by molar-refractivity contribution is 6.08. The first-order valence-electron chi connectivity index (χ1n) is 8.21. The van der Waals surface area contributed by atoms with Gasteiger partial charge in [0.05, 0.1) is 0 Å². The molecule has 0 aliphatic carbocycles. The summed E-state index contributed by atoms with van der Waals surface area (Å²) < 4.78 is 2.54. The van der Waals surface area contributed by atoms with Gasteiger partial charge < -0.3 is 4.57 Å². The molecule has 2 aromatic carbocycles. The quantitative estimate of drug-likeness (QED) is 0.487. The molecule has 0 amide bonds. The van der Waals surface area contributed by atoms with Gasteiger partial charge in [-0.15, -0.1) is 0 Å². The summed E-state index contributed by atoms with van der Waals surface area (Å²) in [5.74, 6) is 0. The third-order valence-electron chi connectivity index (χ3n) is 4.53. The average molecular weight is 279 g/mol. The maximum absolute atomic E-state index is 2.54. The minimum Gasteiger partial charge on any atom is -0.338 e. The second-order valence-electron chi connectivity index (χ2n) is 6.25. The van der Waals surface area contributed by atoms with Gasteiger partial charge in [-0.2, -0.15) is 0 Å². The summed E-state index contributed by atoms with van der Waals surface area (Å²) >= 11 is 0. The van der Waals surface area contributed by atoms with E-state index in [2.05, 4.69) is 67.8 Å². The normalized spacial score (nSPS) is 13.1. The largest absolute Gasteiger partial charge is 0.338 e. The van der Waals surface area contributed by atoms with Gasteiger partial charge in [-0.1, -0.05) is 56.0 Å². The van der Waals surface area contributed by atoms with Crippen LogP contribution in [0.2, 0.25) is 0 Å². The van der Waals surface area contributed by atoms with Gasteiger partial charge in [-0.05, 0) is 38.5 Å². The van der Waals surface area contributed by atoms with Crippen LogP contribution in [-0.4, -0.2) is 4.57 Å². The van der Waals surface area contributed by atoms with Crippen molar-refractivity contribution in [1.82, 2.24) is 4.57 Å². The van der Waals surface area contributed by atoms with E-state index in [4.69, 9.17) is 0 Å². The topological polar surface area (TPSA) is 4.93 Å². The lowest BCUT2D eigenvalue weighted by molar-refractivity contribution is 0.499. The number of hydrogen-bond donors (Lipinski definition) is 0. The molecule has 21 heavy (non-hydrogen) atoms. The molecule has 110 valence electrons. The lowest BCUT2D eigenvalue weighted by atomic mass is 10.1. The van der Waals surface area contributed by atoms with Gasteiger partial charge in [-0.25, -0.2) is 0 Å². The van der Waals surface area contributed by atoms with Gasteiger partial charge in [0.2, 0.25) is 0 Å². The van der Waals surface area contributed by atoms with E-state index in [-0.39, 0.29) is 0 Å². The van der Waals surface area contributed by atoms with Crippen molar-refractivity contribution in [3.63, 3.8) is 0 Å². The van der Waals surface area contributed by atoms with Crippen molar-refractivity contribution in [1.29, 1.82) is 0 Å². The van der Waals surface area contributed by atoms with E-state index in [0.29, 0.717) is 6.04 Å². The van der Waals surface area contributed by atoms with E-state index < -0.39 is 0 Å². The predicted octanol–water partition coefficient (Wildman–Crippen LogP) is 6.24. The van der Waals surface area contributed by atoms with Crippen LogP contribution in [0.4, 0.5) is 0 Å². The first kappa shape index (κ1) is 14.2. The molecule has 0 spiro atoms. The Kier molecular flexibility index (Phi) is 4.01. The minimum atomic E-state index is 0.557. The second-order valence-corrected chi connectivity index (χ2v) is 6.25. The van der Waals surface area contributed by atoms with E-state index in [1.54, 1.807) is 0 Å². The maximum Gasteiger partial charge on any atom is 0.0494 e. The van der Waals surface area contributed by atoms with Crippen molar-refractivity contribution in [2.75, 3.05) is 0 Å². The Morgan fingerprint density at radius 3 is 2.52 bits per heavy atom. The summed E-state index contributed by atoms with van der Waals surface area (Å²) in [7, 11) is 0. The molecular weight excluding hydrogens is 254 g/mol. The van der Waals surface area contributed by atoms with Gasteiger partial charge in [0.25, 0.3) is 0 Å². The summed E-state index contributed by atoms with van der Waals surface area (Å²) in [4.78, 5) is 0. The van der Waals surface area contributed by atoms with Crippen LogP contribution in [-0.2, 0) is 0 Å². The van der Waals surface area contributed by atoms with E-state index in [1.807, 2.05) is 0 Å². The number of unbranched alkanes of at least 4 members (excludes halogenated alkanes) is 2. The Hall–Kier alpha value is -1.76. The fourth-order valence-corrected chi connectivity index (χ4v) is 3.41. The Morgan fingerprint density at radius 1 is 0.952 bits per heavy atom. The number of fused-ring (bicyclic) bond motifs is 3. The molecule has 3 aromatic rings. The van der Waals surface area contributed by atoms with Crippen LogP contribution in [0.3, 0.4) is 0 Å². The third kappa shape index (κ3) is 2.57. The first-order chi connectivity index (χ1) is 10.2. The maximum atomic E-state index is 2.54. The molecule has 1 atom stereocenters. The summed E-state index contributed by atoms with van der Waals surface area (Å²) in [5.41, 5.74) is 4.09. The van der Waals surface area contributed by atoms with Crippen molar-refractivity contribution in [3.05, 3.63) is 48.0 Å². The van der Waals surface area contributed by atoms with Crippen LogP contribution < -0.4 is 0 Å². The van der Waals surface area contributed by atoms with Gasteiger partial charge in [0, 0.05) is 27.8 Å². The number of hydrogen-bond acceptors (Lipinski definition) is 0. The molecule has 3 rings (SSSR count).